The van der Waals surface area contributed by atoms with E-state index in [0.717, 1.165) is 27.9 Å². The second-order valence-electron chi connectivity index (χ2n) is 6.41. The topological polar surface area (TPSA) is 48.7 Å². The Morgan fingerprint density at radius 2 is 1.41 bits per heavy atom. The number of ether oxygens (including phenoxy) is 2. The summed E-state index contributed by atoms with van der Waals surface area (Å²) in [5.41, 5.74) is 2.72. The fraction of sp³-hybridized carbons (Fsp3) is 0. The Labute approximate surface area is 154 Å². The van der Waals surface area contributed by atoms with E-state index in [9.17, 15) is 0 Å². The maximum atomic E-state index is 6.00. The third-order valence-electron chi connectivity index (χ3n) is 4.70. The van der Waals surface area contributed by atoms with E-state index in [0.29, 0.717) is 23.1 Å². The van der Waals surface area contributed by atoms with Crippen LogP contribution in [0.4, 0.5) is 0 Å². The van der Waals surface area contributed by atoms with Crippen molar-refractivity contribution in [1.82, 2.24) is 14.6 Å². The smallest absolute Gasteiger partial charge is 0.182 e. The molecule has 0 atom stereocenters. The molecule has 5 nitrogen and oxygen atoms in total. The molecular formula is C22H13N3O2. The van der Waals surface area contributed by atoms with Crippen LogP contribution in [0.5, 0.6) is 23.0 Å². The molecule has 0 radical (unpaired) electrons. The number of hydrogen-bond acceptors (Lipinski definition) is 4. The number of rotatable bonds is 1. The predicted molar refractivity (Wildman–Crippen MR) is 103 cm³/mol. The molecule has 128 valence electrons. The van der Waals surface area contributed by atoms with E-state index in [1.54, 1.807) is 0 Å². The quantitative estimate of drug-likeness (QED) is 0.395. The summed E-state index contributed by atoms with van der Waals surface area (Å²) < 4.78 is 13.8. The van der Waals surface area contributed by atoms with Crippen LogP contribution in [-0.4, -0.2) is 14.6 Å². The lowest BCUT2D eigenvalue weighted by Crippen LogP contribution is -1.98. The average Bonchev–Trinajstić information content (AvgIpc) is 3.17. The summed E-state index contributed by atoms with van der Waals surface area (Å²) in [6.07, 6.45) is 0. The third kappa shape index (κ3) is 2.18. The first-order chi connectivity index (χ1) is 13.3. The number of pyridine rings is 1. The predicted octanol–water partition coefficient (Wildman–Crippen LogP) is 5.45. The van der Waals surface area contributed by atoms with Crippen molar-refractivity contribution >= 4 is 16.6 Å². The van der Waals surface area contributed by atoms with Gasteiger partial charge in [0, 0.05) is 10.9 Å². The van der Waals surface area contributed by atoms with Crippen LogP contribution in [0.1, 0.15) is 0 Å². The van der Waals surface area contributed by atoms with E-state index >= 15 is 0 Å². The Hall–Kier alpha value is -3.86. The van der Waals surface area contributed by atoms with Crippen molar-refractivity contribution in [1.29, 1.82) is 0 Å². The SMILES string of the molecule is c1ccc2c(c1)Oc1ccc(-c3nc4ccc5ccccc5n4n3)cc1O2. The Morgan fingerprint density at radius 1 is 0.667 bits per heavy atom. The number of benzene rings is 3. The standard InChI is InChI=1S/C22H13N3O2/c1-2-6-16-14(5-1)10-12-21-23-22(24-25(16)21)15-9-11-19-20(13-15)27-18-8-4-3-7-17(18)26-19/h1-13H. The lowest BCUT2D eigenvalue weighted by Gasteiger charge is -2.20. The molecule has 0 unspecified atom stereocenters. The van der Waals surface area contributed by atoms with Crippen molar-refractivity contribution in [3.05, 3.63) is 78.9 Å². The molecule has 0 N–H and O–H groups in total. The van der Waals surface area contributed by atoms with E-state index in [1.165, 1.54) is 0 Å². The molecule has 27 heavy (non-hydrogen) atoms. The molecule has 3 heterocycles. The Kier molecular flexibility index (Phi) is 2.82. The second-order valence-corrected chi connectivity index (χ2v) is 6.41. The molecule has 3 aromatic carbocycles. The van der Waals surface area contributed by atoms with Gasteiger partial charge >= 0.3 is 0 Å². The van der Waals surface area contributed by atoms with Gasteiger partial charge in [-0.1, -0.05) is 30.3 Å². The van der Waals surface area contributed by atoms with E-state index < -0.39 is 0 Å². The van der Waals surface area contributed by atoms with Gasteiger partial charge in [-0.25, -0.2) is 9.50 Å². The first-order valence-corrected chi connectivity index (χ1v) is 8.69. The Morgan fingerprint density at radius 3 is 2.30 bits per heavy atom. The molecule has 2 aromatic heterocycles. The summed E-state index contributed by atoms with van der Waals surface area (Å²) in [4.78, 5) is 4.68. The third-order valence-corrected chi connectivity index (χ3v) is 4.70. The number of aromatic nitrogens is 3. The van der Waals surface area contributed by atoms with Crippen molar-refractivity contribution < 1.29 is 9.47 Å². The lowest BCUT2D eigenvalue weighted by atomic mass is 10.1. The summed E-state index contributed by atoms with van der Waals surface area (Å²) in [5, 5.41) is 5.84. The molecule has 5 heteroatoms. The molecule has 0 amide bonds. The zero-order valence-corrected chi connectivity index (χ0v) is 14.2. The molecule has 0 saturated carbocycles. The fourth-order valence-corrected chi connectivity index (χ4v) is 3.38. The highest BCUT2D eigenvalue weighted by Crippen LogP contribution is 2.46. The Balaban J connectivity index is 1.47. The number of nitrogens with zero attached hydrogens (tertiary/aromatic N) is 3. The maximum Gasteiger partial charge on any atom is 0.182 e. The minimum Gasteiger partial charge on any atom is -0.450 e. The molecule has 0 bridgehead atoms. The van der Waals surface area contributed by atoms with Gasteiger partial charge < -0.3 is 9.47 Å². The van der Waals surface area contributed by atoms with Gasteiger partial charge in [0.1, 0.15) is 0 Å². The van der Waals surface area contributed by atoms with Crippen molar-refractivity contribution in [2.45, 2.75) is 0 Å². The van der Waals surface area contributed by atoms with Crippen molar-refractivity contribution in [2.24, 2.45) is 0 Å². The van der Waals surface area contributed by atoms with Crippen LogP contribution < -0.4 is 9.47 Å². The first-order valence-electron chi connectivity index (χ1n) is 8.69. The minimum absolute atomic E-state index is 0.650. The number of hydrogen-bond donors (Lipinski definition) is 0. The van der Waals surface area contributed by atoms with Gasteiger partial charge in [-0.15, -0.1) is 5.10 Å². The van der Waals surface area contributed by atoms with Gasteiger partial charge in [0.05, 0.1) is 5.52 Å². The maximum absolute atomic E-state index is 6.00. The summed E-state index contributed by atoms with van der Waals surface area (Å²) in [6.45, 7) is 0. The highest BCUT2D eigenvalue weighted by molar-refractivity contribution is 5.82. The molecule has 0 fully saturated rings. The van der Waals surface area contributed by atoms with Gasteiger partial charge in [-0.2, -0.15) is 0 Å². The minimum atomic E-state index is 0.650. The molecule has 5 aromatic rings. The van der Waals surface area contributed by atoms with Crippen LogP contribution in [0.15, 0.2) is 78.9 Å². The molecule has 1 aliphatic heterocycles. The van der Waals surface area contributed by atoms with E-state index in [4.69, 9.17) is 14.6 Å². The second kappa shape index (κ2) is 5.32. The van der Waals surface area contributed by atoms with Crippen LogP contribution in [0.2, 0.25) is 0 Å². The largest absolute Gasteiger partial charge is 0.450 e. The van der Waals surface area contributed by atoms with E-state index in [-0.39, 0.29) is 0 Å². The highest BCUT2D eigenvalue weighted by Gasteiger charge is 2.19. The molecule has 0 aliphatic carbocycles. The zero-order chi connectivity index (χ0) is 17.8. The number of fused-ring (bicyclic) bond motifs is 5. The van der Waals surface area contributed by atoms with Crippen LogP contribution in [0, 0.1) is 0 Å². The van der Waals surface area contributed by atoms with E-state index in [2.05, 4.69) is 17.1 Å². The van der Waals surface area contributed by atoms with E-state index in [1.807, 2.05) is 71.2 Å². The summed E-state index contributed by atoms with van der Waals surface area (Å²) in [6, 6.07) is 25.6. The van der Waals surface area contributed by atoms with Gasteiger partial charge in [0.15, 0.2) is 34.5 Å². The van der Waals surface area contributed by atoms with Crippen molar-refractivity contribution in [2.75, 3.05) is 0 Å². The van der Waals surface area contributed by atoms with Crippen LogP contribution in [0.25, 0.3) is 27.9 Å². The van der Waals surface area contributed by atoms with Gasteiger partial charge in [0.2, 0.25) is 0 Å². The zero-order valence-electron chi connectivity index (χ0n) is 14.2. The molecule has 0 spiro atoms. The van der Waals surface area contributed by atoms with Crippen molar-refractivity contribution in [3.63, 3.8) is 0 Å². The summed E-state index contributed by atoms with van der Waals surface area (Å²) in [7, 11) is 0. The van der Waals surface area contributed by atoms with Gasteiger partial charge in [0.25, 0.3) is 0 Å². The summed E-state index contributed by atoms with van der Waals surface area (Å²) >= 11 is 0. The average molecular weight is 351 g/mol. The fourth-order valence-electron chi connectivity index (χ4n) is 3.38. The normalized spacial score (nSPS) is 12.3. The molecule has 0 saturated heterocycles. The van der Waals surface area contributed by atoms with Crippen molar-refractivity contribution in [3.8, 4) is 34.4 Å². The molecule has 1 aliphatic rings. The van der Waals surface area contributed by atoms with Crippen LogP contribution in [-0.2, 0) is 0 Å². The van der Waals surface area contributed by atoms with Gasteiger partial charge in [-0.05, 0) is 48.5 Å². The lowest BCUT2D eigenvalue weighted by molar-refractivity contribution is 0.360. The van der Waals surface area contributed by atoms with Crippen LogP contribution in [0.3, 0.4) is 0 Å². The summed E-state index contributed by atoms with van der Waals surface area (Å²) in [5.74, 6) is 3.42. The monoisotopic (exact) mass is 351 g/mol. The number of para-hydroxylation sites is 3. The van der Waals surface area contributed by atoms with Crippen LogP contribution >= 0.6 is 0 Å². The molecule has 6 rings (SSSR count). The highest BCUT2D eigenvalue weighted by atomic mass is 16.6. The van der Waals surface area contributed by atoms with Gasteiger partial charge in [-0.3, -0.25) is 0 Å². The molecular weight excluding hydrogens is 338 g/mol. The Bertz CT molecular complexity index is 1340. The first kappa shape index (κ1) is 14.3.